The molecule has 0 N–H and O–H groups in total. The van der Waals surface area contributed by atoms with Crippen LogP contribution in [0.2, 0.25) is 0 Å². The van der Waals surface area contributed by atoms with Gasteiger partial charge in [0.2, 0.25) is 0 Å². The van der Waals surface area contributed by atoms with E-state index >= 15 is 0 Å². The van der Waals surface area contributed by atoms with Crippen LogP contribution in [0.3, 0.4) is 0 Å². The van der Waals surface area contributed by atoms with Gasteiger partial charge in [0.1, 0.15) is 0 Å². The molecule has 0 unspecified atom stereocenters. The fraction of sp³-hybridized carbons (Fsp3) is 0.0714. The maximum atomic E-state index is 4.30. The molecule has 1 nitrogen and oxygen atoms in total. The molecule has 0 fully saturated rings. The lowest BCUT2D eigenvalue weighted by Gasteiger charge is -2.01. The molecule has 1 heterocycles. The number of nitrogens with zero attached hydrogens (tertiary/aromatic N) is 1. The topological polar surface area (TPSA) is 12.9 Å². The summed E-state index contributed by atoms with van der Waals surface area (Å²) in [5.41, 5.74) is 3.45. The van der Waals surface area contributed by atoms with E-state index in [1.54, 1.807) is 0 Å². The first-order chi connectivity index (χ1) is 7.40. The van der Waals surface area contributed by atoms with Crippen molar-refractivity contribution < 1.29 is 0 Å². The predicted molar refractivity (Wildman–Crippen MR) is 63.6 cm³/mol. The number of allylic oxidation sites excluding steroid dienone is 1. The van der Waals surface area contributed by atoms with Gasteiger partial charge >= 0.3 is 0 Å². The van der Waals surface area contributed by atoms with Gasteiger partial charge in [-0.15, -0.1) is 6.58 Å². The van der Waals surface area contributed by atoms with Gasteiger partial charge < -0.3 is 0 Å². The van der Waals surface area contributed by atoms with Gasteiger partial charge in [0, 0.05) is 11.8 Å². The van der Waals surface area contributed by atoms with E-state index in [0.29, 0.717) is 0 Å². The molecule has 0 spiro atoms. The third-order valence-electron chi connectivity index (χ3n) is 2.29. The van der Waals surface area contributed by atoms with Crippen molar-refractivity contribution in [2.24, 2.45) is 0 Å². The van der Waals surface area contributed by atoms with E-state index in [9.17, 15) is 0 Å². The van der Waals surface area contributed by atoms with E-state index in [1.807, 2.05) is 30.5 Å². The summed E-state index contributed by atoms with van der Waals surface area (Å²) in [4.78, 5) is 4.30. The largest absolute Gasteiger partial charge is 0.256 e. The first kappa shape index (κ1) is 9.66. The molecular weight excluding hydrogens is 182 g/mol. The van der Waals surface area contributed by atoms with Gasteiger partial charge in [-0.3, -0.25) is 4.98 Å². The monoisotopic (exact) mass is 195 g/mol. The zero-order valence-corrected chi connectivity index (χ0v) is 8.56. The summed E-state index contributed by atoms with van der Waals surface area (Å²) in [5.74, 6) is 0. The van der Waals surface area contributed by atoms with Crippen molar-refractivity contribution >= 4 is 0 Å². The van der Waals surface area contributed by atoms with Crippen LogP contribution in [-0.2, 0) is 6.42 Å². The highest BCUT2D eigenvalue weighted by molar-refractivity contribution is 5.59. The molecule has 0 aliphatic rings. The lowest BCUT2D eigenvalue weighted by Crippen LogP contribution is -1.84. The predicted octanol–water partition coefficient (Wildman–Crippen LogP) is 3.48. The van der Waals surface area contributed by atoms with Gasteiger partial charge in [0.15, 0.2) is 0 Å². The Labute approximate surface area is 90.1 Å². The second-order valence-electron chi connectivity index (χ2n) is 3.40. The molecule has 2 rings (SSSR count). The van der Waals surface area contributed by atoms with Crippen molar-refractivity contribution in [2.75, 3.05) is 0 Å². The lowest BCUT2D eigenvalue weighted by molar-refractivity contribution is 1.27. The summed E-state index contributed by atoms with van der Waals surface area (Å²) < 4.78 is 0. The highest BCUT2D eigenvalue weighted by atomic mass is 14.7. The Bertz CT molecular complexity index is 429. The van der Waals surface area contributed by atoms with Gasteiger partial charge in [-0.05, 0) is 24.1 Å². The summed E-state index contributed by atoms with van der Waals surface area (Å²) in [6.45, 7) is 3.72. The minimum absolute atomic E-state index is 0.919. The highest BCUT2D eigenvalue weighted by Gasteiger charge is 1.97. The number of hydrogen-bond donors (Lipinski definition) is 0. The van der Waals surface area contributed by atoms with E-state index in [2.05, 4.69) is 35.8 Å². The third kappa shape index (κ3) is 2.32. The number of benzene rings is 1. The molecule has 0 aliphatic carbocycles. The zero-order valence-electron chi connectivity index (χ0n) is 8.56. The van der Waals surface area contributed by atoms with Crippen molar-refractivity contribution in [3.05, 3.63) is 66.9 Å². The molecule has 0 atom stereocenters. The quantitative estimate of drug-likeness (QED) is 0.683. The Morgan fingerprint density at radius 1 is 1.07 bits per heavy atom. The van der Waals surface area contributed by atoms with E-state index in [0.717, 1.165) is 17.7 Å². The zero-order chi connectivity index (χ0) is 10.5. The maximum Gasteiger partial charge on any atom is 0.0701 e. The van der Waals surface area contributed by atoms with E-state index in [4.69, 9.17) is 0 Å². The van der Waals surface area contributed by atoms with Crippen LogP contribution in [0.15, 0.2) is 61.3 Å². The summed E-state index contributed by atoms with van der Waals surface area (Å²) in [7, 11) is 0. The molecule has 0 bridgehead atoms. The first-order valence-electron chi connectivity index (χ1n) is 5.01. The Balaban J connectivity index is 2.28. The third-order valence-corrected chi connectivity index (χ3v) is 2.29. The summed E-state index contributed by atoms with van der Waals surface area (Å²) in [6, 6.07) is 14.4. The molecule has 0 radical (unpaired) electrons. The SMILES string of the molecule is C=CCc1ccc(-c2ccccn2)cc1. The smallest absolute Gasteiger partial charge is 0.0701 e. The number of aromatic nitrogens is 1. The van der Waals surface area contributed by atoms with E-state index in [1.165, 1.54) is 5.56 Å². The molecule has 0 amide bonds. The lowest BCUT2D eigenvalue weighted by atomic mass is 10.1. The van der Waals surface area contributed by atoms with E-state index in [-0.39, 0.29) is 0 Å². The van der Waals surface area contributed by atoms with Crippen molar-refractivity contribution in [1.29, 1.82) is 0 Å². The van der Waals surface area contributed by atoms with Crippen LogP contribution in [0, 0.1) is 0 Å². The van der Waals surface area contributed by atoms with Crippen LogP contribution in [0.4, 0.5) is 0 Å². The number of pyridine rings is 1. The molecule has 0 aliphatic heterocycles. The number of hydrogen-bond acceptors (Lipinski definition) is 1. The summed E-state index contributed by atoms with van der Waals surface area (Å²) in [6.07, 6.45) is 4.64. The minimum atomic E-state index is 0.919. The summed E-state index contributed by atoms with van der Waals surface area (Å²) in [5, 5.41) is 0. The molecule has 74 valence electrons. The molecule has 0 saturated carbocycles. The minimum Gasteiger partial charge on any atom is -0.256 e. The Hall–Kier alpha value is -1.89. The maximum absolute atomic E-state index is 4.30. The van der Waals surface area contributed by atoms with Gasteiger partial charge in [0.05, 0.1) is 5.69 Å². The normalized spacial score (nSPS) is 9.87. The first-order valence-corrected chi connectivity index (χ1v) is 5.01. The van der Waals surface area contributed by atoms with Crippen LogP contribution in [0.1, 0.15) is 5.56 Å². The number of rotatable bonds is 3. The fourth-order valence-electron chi connectivity index (χ4n) is 1.51. The molecule has 2 aromatic rings. The second-order valence-corrected chi connectivity index (χ2v) is 3.40. The van der Waals surface area contributed by atoms with Crippen LogP contribution >= 0.6 is 0 Å². The average Bonchev–Trinajstić information content (AvgIpc) is 2.32. The van der Waals surface area contributed by atoms with Crippen molar-refractivity contribution in [3.8, 4) is 11.3 Å². The molecule has 15 heavy (non-hydrogen) atoms. The van der Waals surface area contributed by atoms with Crippen molar-refractivity contribution in [3.63, 3.8) is 0 Å². The Morgan fingerprint density at radius 3 is 2.47 bits per heavy atom. The van der Waals surface area contributed by atoms with Gasteiger partial charge in [-0.1, -0.05) is 36.4 Å². The highest BCUT2D eigenvalue weighted by Crippen LogP contribution is 2.16. The van der Waals surface area contributed by atoms with Crippen molar-refractivity contribution in [2.45, 2.75) is 6.42 Å². The van der Waals surface area contributed by atoms with Crippen LogP contribution in [0.25, 0.3) is 11.3 Å². The van der Waals surface area contributed by atoms with Gasteiger partial charge in [0.25, 0.3) is 0 Å². The Kier molecular flexibility index (Phi) is 2.93. The van der Waals surface area contributed by atoms with Gasteiger partial charge in [-0.25, -0.2) is 0 Å². The average molecular weight is 195 g/mol. The molecule has 1 heteroatoms. The summed E-state index contributed by atoms with van der Waals surface area (Å²) >= 11 is 0. The fourth-order valence-corrected chi connectivity index (χ4v) is 1.51. The van der Waals surface area contributed by atoms with Gasteiger partial charge in [-0.2, -0.15) is 0 Å². The Morgan fingerprint density at radius 2 is 1.87 bits per heavy atom. The second kappa shape index (κ2) is 4.56. The van der Waals surface area contributed by atoms with Crippen LogP contribution in [-0.4, -0.2) is 4.98 Å². The van der Waals surface area contributed by atoms with Crippen LogP contribution < -0.4 is 0 Å². The standard InChI is InChI=1S/C14H13N/c1-2-5-12-7-9-13(10-8-12)14-6-3-4-11-15-14/h2-4,6-11H,1,5H2. The van der Waals surface area contributed by atoms with E-state index < -0.39 is 0 Å². The molecule has 0 saturated heterocycles. The molecular formula is C14H13N. The molecule has 1 aromatic heterocycles. The van der Waals surface area contributed by atoms with Crippen LogP contribution in [0.5, 0.6) is 0 Å². The van der Waals surface area contributed by atoms with Crippen molar-refractivity contribution in [1.82, 2.24) is 4.98 Å². The molecule has 1 aromatic carbocycles.